The lowest BCUT2D eigenvalue weighted by atomic mass is 9.87. The van der Waals surface area contributed by atoms with Gasteiger partial charge in [0.2, 0.25) is 0 Å². The highest BCUT2D eigenvalue weighted by Gasteiger charge is 2.18. The Balaban J connectivity index is 1.22. The molecule has 0 spiro atoms. The molecule has 5 heterocycles. The van der Waals surface area contributed by atoms with Crippen LogP contribution < -0.4 is 5.32 Å². The third-order valence-corrected chi connectivity index (χ3v) is 7.75. The normalized spacial score (nSPS) is 15.8. The second kappa shape index (κ2) is 9.41. The third kappa shape index (κ3) is 4.10. The summed E-state index contributed by atoms with van der Waals surface area (Å²) in [6.45, 7) is 4.32. The molecule has 7 rings (SSSR count). The fourth-order valence-electron chi connectivity index (χ4n) is 5.73. The molecule has 3 N–H and O–H groups in total. The predicted molar refractivity (Wildman–Crippen MR) is 153 cm³/mol. The van der Waals surface area contributed by atoms with Crippen LogP contribution in [0.25, 0.3) is 50.2 Å². The molecule has 38 heavy (non-hydrogen) atoms. The van der Waals surface area contributed by atoms with Gasteiger partial charge in [0, 0.05) is 34.4 Å². The largest absolute Gasteiger partial charge is 0.358 e. The van der Waals surface area contributed by atoms with Gasteiger partial charge in [-0.3, -0.25) is 15.1 Å². The molecule has 7 nitrogen and oxygen atoms in total. The van der Waals surface area contributed by atoms with Crippen LogP contribution in [0.1, 0.15) is 44.1 Å². The van der Waals surface area contributed by atoms with E-state index in [1.54, 1.807) is 0 Å². The number of H-pyrrole nitrogens is 2. The number of nitrogens with one attached hydrogen (secondary N) is 3. The molecule has 0 aliphatic heterocycles. The van der Waals surface area contributed by atoms with E-state index in [0.717, 1.165) is 62.4 Å². The third-order valence-electron chi connectivity index (χ3n) is 7.75. The number of hydrogen-bond acceptors (Lipinski definition) is 5. The van der Waals surface area contributed by atoms with Crippen LogP contribution in [0.5, 0.6) is 0 Å². The molecule has 2 aliphatic carbocycles. The van der Waals surface area contributed by atoms with Crippen molar-refractivity contribution in [3.05, 3.63) is 85.1 Å². The maximum Gasteiger partial charge on any atom is 0.138 e. The van der Waals surface area contributed by atoms with Gasteiger partial charge in [0.25, 0.3) is 0 Å². The maximum absolute atomic E-state index is 4.70. The number of aromatic nitrogens is 6. The molecule has 0 unspecified atom stereocenters. The number of fused-ring (bicyclic) bond motifs is 2. The molecule has 0 bridgehead atoms. The Kier molecular flexibility index (Phi) is 5.61. The second-order valence-electron chi connectivity index (χ2n) is 10.2. The number of hydrogen-bond donors (Lipinski definition) is 3. The van der Waals surface area contributed by atoms with Gasteiger partial charge in [0.05, 0.1) is 35.0 Å². The monoisotopic (exact) mass is 499 g/mol. The molecule has 7 heteroatoms. The SMILES string of the molecule is C=C(Nc1cncc(-c2cc3c(-c4cc5c(C6=CCC=C6)ccnc5[nH]4)n[nH]c3cn2)c1)C1CCCCC1. The van der Waals surface area contributed by atoms with Gasteiger partial charge < -0.3 is 10.3 Å². The van der Waals surface area contributed by atoms with Gasteiger partial charge in [-0.05, 0) is 60.6 Å². The molecule has 0 atom stereocenters. The van der Waals surface area contributed by atoms with Crippen LogP contribution in [-0.2, 0) is 0 Å². The summed E-state index contributed by atoms with van der Waals surface area (Å²) < 4.78 is 0. The minimum Gasteiger partial charge on any atom is -0.358 e. The van der Waals surface area contributed by atoms with Gasteiger partial charge in [-0.15, -0.1) is 0 Å². The molecule has 5 aromatic rings. The molecule has 5 aromatic heterocycles. The van der Waals surface area contributed by atoms with E-state index in [9.17, 15) is 0 Å². The first-order valence-electron chi connectivity index (χ1n) is 13.3. The fraction of sp³-hybridized carbons (Fsp3) is 0.226. The second-order valence-corrected chi connectivity index (χ2v) is 10.2. The number of rotatable bonds is 6. The van der Waals surface area contributed by atoms with Crippen molar-refractivity contribution in [1.29, 1.82) is 0 Å². The van der Waals surface area contributed by atoms with Crippen LogP contribution in [0.15, 0.2) is 79.6 Å². The van der Waals surface area contributed by atoms with Crippen molar-refractivity contribution in [3.8, 4) is 22.6 Å². The molecular formula is C31H29N7. The van der Waals surface area contributed by atoms with Crippen molar-refractivity contribution in [2.24, 2.45) is 5.92 Å². The van der Waals surface area contributed by atoms with Crippen LogP contribution in [0.3, 0.4) is 0 Å². The van der Waals surface area contributed by atoms with Crippen molar-refractivity contribution in [2.45, 2.75) is 38.5 Å². The highest BCUT2D eigenvalue weighted by atomic mass is 15.1. The van der Waals surface area contributed by atoms with Crippen molar-refractivity contribution in [3.63, 3.8) is 0 Å². The Morgan fingerprint density at radius 2 is 1.92 bits per heavy atom. The Hall–Kier alpha value is -4.52. The van der Waals surface area contributed by atoms with Crippen molar-refractivity contribution in [2.75, 3.05) is 5.32 Å². The Morgan fingerprint density at radius 1 is 1.00 bits per heavy atom. The number of allylic oxidation sites excluding steroid dienone is 5. The molecule has 0 amide bonds. The first-order chi connectivity index (χ1) is 18.7. The smallest absolute Gasteiger partial charge is 0.138 e. The lowest BCUT2D eigenvalue weighted by Crippen LogP contribution is -2.14. The minimum absolute atomic E-state index is 0.530. The van der Waals surface area contributed by atoms with Gasteiger partial charge >= 0.3 is 0 Å². The molecular weight excluding hydrogens is 470 g/mol. The van der Waals surface area contributed by atoms with Crippen LogP contribution in [0.4, 0.5) is 5.69 Å². The summed E-state index contributed by atoms with van der Waals surface area (Å²) in [7, 11) is 0. The minimum atomic E-state index is 0.530. The molecule has 1 fully saturated rings. The zero-order chi connectivity index (χ0) is 25.5. The zero-order valence-corrected chi connectivity index (χ0v) is 21.2. The van der Waals surface area contributed by atoms with Crippen molar-refractivity contribution >= 4 is 33.2 Å². The van der Waals surface area contributed by atoms with E-state index in [2.05, 4.69) is 79.5 Å². The summed E-state index contributed by atoms with van der Waals surface area (Å²) >= 11 is 0. The summed E-state index contributed by atoms with van der Waals surface area (Å²) in [4.78, 5) is 17.2. The topological polar surface area (TPSA) is 95.2 Å². The van der Waals surface area contributed by atoms with Crippen molar-refractivity contribution < 1.29 is 0 Å². The molecule has 0 aromatic carbocycles. The molecule has 0 radical (unpaired) electrons. The van der Waals surface area contributed by atoms with Crippen LogP contribution in [0.2, 0.25) is 0 Å². The van der Waals surface area contributed by atoms with Crippen LogP contribution in [0, 0.1) is 5.92 Å². The average molecular weight is 500 g/mol. The Bertz CT molecular complexity index is 1730. The number of anilines is 1. The standard InChI is InChI=1S/C31H29N7/c1-19(20-7-3-2-4-8-20)35-23-13-22(16-32-17-23)27-15-26-29(18-34-27)37-38-30(26)28-14-25-24(21-9-5-6-10-21)11-12-33-31(25)36-28/h5,9-18,20,35H,1-4,6-8H2,(H,33,36)(H,37,38). The highest BCUT2D eigenvalue weighted by Crippen LogP contribution is 2.34. The zero-order valence-electron chi connectivity index (χ0n) is 21.2. The summed E-state index contributed by atoms with van der Waals surface area (Å²) in [6.07, 6.45) is 21.3. The lowest BCUT2D eigenvalue weighted by molar-refractivity contribution is 0.405. The number of aromatic amines is 2. The number of pyridine rings is 3. The maximum atomic E-state index is 4.70. The predicted octanol–water partition coefficient (Wildman–Crippen LogP) is 7.41. The quantitative estimate of drug-likeness (QED) is 0.226. The van der Waals surface area contributed by atoms with Gasteiger partial charge in [0.1, 0.15) is 11.3 Å². The summed E-state index contributed by atoms with van der Waals surface area (Å²) in [5.41, 5.74) is 9.72. The van der Waals surface area contributed by atoms with Crippen molar-refractivity contribution in [1.82, 2.24) is 30.1 Å². The summed E-state index contributed by atoms with van der Waals surface area (Å²) in [5, 5.41) is 13.4. The van der Waals surface area contributed by atoms with E-state index in [1.165, 1.54) is 43.2 Å². The first-order valence-corrected chi connectivity index (χ1v) is 13.3. The molecule has 1 saturated carbocycles. The van der Waals surface area contributed by atoms with E-state index < -0.39 is 0 Å². The van der Waals surface area contributed by atoms with E-state index in [-0.39, 0.29) is 0 Å². The summed E-state index contributed by atoms with van der Waals surface area (Å²) in [6, 6.07) is 8.39. The van der Waals surface area contributed by atoms with Gasteiger partial charge in [-0.25, -0.2) is 4.98 Å². The van der Waals surface area contributed by atoms with Crippen LogP contribution in [-0.4, -0.2) is 30.1 Å². The molecule has 0 saturated heterocycles. The van der Waals surface area contributed by atoms with Gasteiger partial charge in [-0.2, -0.15) is 5.10 Å². The number of nitrogens with zero attached hydrogens (tertiary/aromatic N) is 4. The fourth-order valence-corrected chi connectivity index (χ4v) is 5.73. The van der Waals surface area contributed by atoms with Crippen LogP contribution >= 0.6 is 0 Å². The average Bonchev–Trinajstić information content (AvgIpc) is 3.73. The molecule has 188 valence electrons. The highest BCUT2D eigenvalue weighted by molar-refractivity contribution is 6.00. The Morgan fingerprint density at radius 3 is 2.79 bits per heavy atom. The lowest BCUT2D eigenvalue weighted by Gasteiger charge is -2.24. The van der Waals surface area contributed by atoms with E-state index in [4.69, 9.17) is 4.98 Å². The Labute approximate surface area is 220 Å². The van der Waals surface area contributed by atoms with Gasteiger partial charge in [-0.1, -0.05) is 44.1 Å². The van der Waals surface area contributed by atoms with Gasteiger partial charge in [0.15, 0.2) is 0 Å². The first kappa shape index (κ1) is 22.7. The summed E-state index contributed by atoms with van der Waals surface area (Å²) in [5.74, 6) is 0.530. The van der Waals surface area contributed by atoms with E-state index in [0.29, 0.717) is 5.92 Å². The van der Waals surface area contributed by atoms with E-state index >= 15 is 0 Å². The molecule has 2 aliphatic rings. The van der Waals surface area contributed by atoms with E-state index in [1.807, 2.05) is 24.8 Å².